The van der Waals surface area contributed by atoms with E-state index in [4.69, 9.17) is 23.2 Å². The molecule has 0 spiro atoms. The SMILES string of the molecule is Cc1ccc2c(c1)nnn2C(CNC(=O)c1c(Cl)cc(-n2cnnc2)cc1Cl)c1ccccc1. The highest BCUT2D eigenvalue weighted by atomic mass is 35.5. The zero-order valence-electron chi connectivity index (χ0n) is 18.1. The van der Waals surface area contributed by atoms with Gasteiger partial charge in [-0.3, -0.25) is 9.36 Å². The van der Waals surface area contributed by atoms with E-state index >= 15 is 0 Å². The largest absolute Gasteiger partial charge is 0.349 e. The molecule has 5 aromatic rings. The van der Waals surface area contributed by atoms with Gasteiger partial charge < -0.3 is 5.32 Å². The molecule has 3 aromatic carbocycles. The highest BCUT2D eigenvalue weighted by Crippen LogP contribution is 2.29. The molecular weight excluding hydrogens is 473 g/mol. The normalized spacial score (nSPS) is 12.1. The Balaban J connectivity index is 1.44. The van der Waals surface area contributed by atoms with E-state index in [9.17, 15) is 4.79 Å². The average Bonchev–Trinajstić information content (AvgIpc) is 3.50. The van der Waals surface area contributed by atoms with E-state index in [1.165, 1.54) is 12.7 Å². The van der Waals surface area contributed by atoms with E-state index in [1.54, 1.807) is 16.7 Å². The third-order valence-corrected chi connectivity index (χ3v) is 6.13. The number of carbonyl (C=O) groups excluding carboxylic acids is 1. The molecule has 2 heterocycles. The highest BCUT2D eigenvalue weighted by molar-refractivity contribution is 6.40. The lowest BCUT2D eigenvalue weighted by molar-refractivity contribution is 0.0949. The Morgan fingerprint density at radius 1 is 1.00 bits per heavy atom. The summed E-state index contributed by atoms with van der Waals surface area (Å²) in [5, 5.41) is 19.7. The molecule has 0 bridgehead atoms. The molecule has 0 saturated carbocycles. The first-order valence-corrected chi connectivity index (χ1v) is 11.3. The summed E-state index contributed by atoms with van der Waals surface area (Å²) >= 11 is 12.9. The van der Waals surface area contributed by atoms with Gasteiger partial charge in [-0.25, -0.2) is 4.68 Å². The number of amides is 1. The van der Waals surface area contributed by atoms with E-state index in [0.717, 1.165) is 22.2 Å². The van der Waals surface area contributed by atoms with Crippen LogP contribution in [0, 0.1) is 6.92 Å². The van der Waals surface area contributed by atoms with Crippen molar-refractivity contribution < 1.29 is 4.79 Å². The Hall–Kier alpha value is -3.75. The van der Waals surface area contributed by atoms with Crippen LogP contribution in [0.5, 0.6) is 0 Å². The van der Waals surface area contributed by atoms with Crippen LogP contribution in [0.15, 0.2) is 73.3 Å². The predicted molar refractivity (Wildman–Crippen MR) is 131 cm³/mol. The van der Waals surface area contributed by atoms with E-state index < -0.39 is 0 Å². The number of benzene rings is 3. The smallest absolute Gasteiger partial charge is 0.254 e. The standard InChI is InChI=1S/C24H19Cl2N7O/c1-15-7-8-21-20(9-15)30-31-33(21)22(16-5-3-2-4-6-16)12-27-24(34)23-18(25)10-17(11-19(23)26)32-13-28-29-14-32/h2-11,13-14,22H,12H2,1H3,(H,27,34). The van der Waals surface area contributed by atoms with Crippen molar-refractivity contribution in [3.8, 4) is 5.69 Å². The first kappa shape index (κ1) is 22.1. The topological polar surface area (TPSA) is 90.5 Å². The molecule has 5 rings (SSSR count). The zero-order chi connectivity index (χ0) is 23.7. The van der Waals surface area contributed by atoms with E-state index in [0.29, 0.717) is 5.69 Å². The highest BCUT2D eigenvalue weighted by Gasteiger charge is 2.22. The maximum Gasteiger partial charge on any atom is 0.254 e. The van der Waals surface area contributed by atoms with E-state index in [-0.39, 0.29) is 34.1 Å². The van der Waals surface area contributed by atoms with Crippen molar-refractivity contribution in [1.82, 2.24) is 35.1 Å². The lowest BCUT2D eigenvalue weighted by Crippen LogP contribution is -2.32. The Kier molecular flexibility index (Phi) is 6.00. The van der Waals surface area contributed by atoms with Crippen molar-refractivity contribution >= 4 is 40.1 Å². The Bertz CT molecular complexity index is 1440. The van der Waals surface area contributed by atoms with Crippen molar-refractivity contribution in [2.24, 2.45) is 0 Å². The van der Waals surface area contributed by atoms with E-state index in [1.807, 2.05) is 60.1 Å². The van der Waals surface area contributed by atoms with E-state index in [2.05, 4.69) is 25.8 Å². The molecule has 0 aliphatic rings. The summed E-state index contributed by atoms with van der Waals surface area (Å²) in [6, 6.07) is 18.8. The van der Waals surface area contributed by atoms with Crippen LogP contribution in [0.1, 0.15) is 27.5 Å². The number of nitrogens with one attached hydrogen (secondary N) is 1. The van der Waals surface area contributed by atoms with Gasteiger partial charge >= 0.3 is 0 Å². The van der Waals surface area contributed by atoms with Crippen molar-refractivity contribution in [1.29, 1.82) is 0 Å². The number of halogens is 2. The van der Waals surface area contributed by atoms with Gasteiger partial charge in [-0.15, -0.1) is 15.3 Å². The third kappa shape index (κ3) is 4.25. The summed E-state index contributed by atoms with van der Waals surface area (Å²) in [6.45, 7) is 2.27. The molecule has 34 heavy (non-hydrogen) atoms. The van der Waals surface area contributed by atoms with Gasteiger partial charge in [0.15, 0.2) is 0 Å². The molecule has 1 unspecified atom stereocenters. The number of hydrogen-bond acceptors (Lipinski definition) is 5. The molecule has 1 amide bonds. The second kappa shape index (κ2) is 9.24. The molecule has 0 fully saturated rings. The van der Waals surface area contributed by atoms with Gasteiger partial charge in [-0.2, -0.15) is 0 Å². The minimum absolute atomic E-state index is 0.200. The number of nitrogens with zero attached hydrogens (tertiary/aromatic N) is 6. The monoisotopic (exact) mass is 491 g/mol. The van der Waals surface area contributed by atoms with Crippen molar-refractivity contribution in [2.45, 2.75) is 13.0 Å². The van der Waals surface area contributed by atoms with Gasteiger partial charge in [0.05, 0.1) is 32.9 Å². The van der Waals surface area contributed by atoms with Crippen LogP contribution in [0.4, 0.5) is 0 Å². The van der Waals surface area contributed by atoms with Crippen LogP contribution in [0.25, 0.3) is 16.7 Å². The minimum Gasteiger partial charge on any atom is -0.349 e. The van der Waals surface area contributed by atoms with Crippen molar-refractivity contribution in [2.75, 3.05) is 6.54 Å². The number of carbonyl (C=O) groups is 1. The number of hydrogen-bond donors (Lipinski definition) is 1. The molecule has 0 saturated heterocycles. The van der Waals surface area contributed by atoms with Crippen LogP contribution >= 0.6 is 23.2 Å². The Labute approximate surface area is 205 Å². The molecule has 1 N–H and O–H groups in total. The summed E-state index contributed by atoms with van der Waals surface area (Å²) in [4.78, 5) is 13.1. The summed E-state index contributed by atoms with van der Waals surface area (Å²) in [6.07, 6.45) is 3.05. The average molecular weight is 492 g/mol. The fourth-order valence-electron chi connectivity index (χ4n) is 3.84. The van der Waals surface area contributed by atoms with Gasteiger partial charge in [0.2, 0.25) is 0 Å². The van der Waals surface area contributed by atoms with Crippen LogP contribution in [0.3, 0.4) is 0 Å². The summed E-state index contributed by atoms with van der Waals surface area (Å²) in [7, 11) is 0. The fourth-order valence-corrected chi connectivity index (χ4v) is 4.49. The maximum atomic E-state index is 13.1. The molecule has 0 radical (unpaired) electrons. The number of aryl methyl sites for hydroxylation is 1. The Morgan fingerprint density at radius 3 is 2.41 bits per heavy atom. The molecule has 2 aromatic heterocycles. The van der Waals surface area contributed by atoms with Gasteiger partial charge in [-0.1, -0.05) is 64.8 Å². The Morgan fingerprint density at radius 2 is 1.71 bits per heavy atom. The fraction of sp³-hybridized carbons (Fsp3) is 0.125. The third-order valence-electron chi connectivity index (χ3n) is 5.53. The second-order valence-corrected chi connectivity index (χ2v) is 8.63. The number of rotatable bonds is 6. The molecule has 0 aliphatic heterocycles. The van der Waals surface area contributed by atoms with Gasteiger partial charge in [0.1, 0.15) is 18.2 Å². The summed E-state index contributed by atoms with van der Waals surface area (Å²) in [5.41, 5.74) is 4.61. The van der Waals surface area contributed by atoms with Crippen molar-refractivity contribution in [3.63, 3.8) is 0 Å². The lowest BCUT2D eigenvalue weighted by atomic mass is 10.1. The van der Waals surface area contributed by atoms with Crippen LogP contribution in [-0.2, 0) is 0 Å². The molecule has 8 nitrogen and oxygen atoms in total. The quantitative estimate of drug-likeness (QED) is 0.373. The van der Waals surface area contributed by atoms with Crippen LogP contribution in [-0.4, -0.2) is 42.2 Å². The predicted octanol–water partition coefficient (Wildman–Crippen LogP) is 4.65. The van der Waals surface area contributed by atoms with Gasteiger partial charge in [0, 0.05) is 6.54 Å². The summed E-state index contributed by atoms with van der Waals surface area (Å²) in [5.74, 6) is -0.383. The summed E-state index contributed by atoms with van der Waals surface area (Å²) < 4.78 is 3.48. The second-order valence-electron chi connectivity index (χ2n) is 7.82. The van der Waals surface area contributed by atoms with Crippen LogP contribution in [0.2, 0.25) is 10.0 Å². The molecule has 1 atom stereocenters. The molecule has 0 aliphatic carbocycles. The first-order chi connectivity index (χ1) is 16.5. The lowest BCUT2D eigenvalue weighted by Gasteiger charge is -2.20. The van der Waals surface area contributed by atoms with Crippen molar-refractivity contribution in [3.05, 3.63) is 100 Å². The van der Waals surface area contributed by atoms with Gasteiger partial charge in [0.25, 0.3) is 5.91 Å². The molecule has 10 heteroatoms. The molecule has 170 valence electrons. The maximum absolute atomic E-state index is 13.1. The first-order valence-electron chi connectivity index (χ1n) is 10.5. The minimum atomic E-state index is -0.383. The zero-order valence-corrected chi connectivity index (χ0v) is 19.6. The number of fused-ring (bicyclic) bond motifs is 1. The number of aromatic nitrogens is 6. The molecular formula is C24H19Cl2N7O. The van der Waals surface area contributed by atoms with Gasteiger partial charge in [-0.05, 0) is 42.3 Å². The van der Waals surface area contributed by atoms with Crippen LogP contribution < -0.4 is 5.32 Å².